The van der Waals surface area contributed by atoms with Crippen LogP contribution in [0.2, 0.25) is 0 Å². The molecule has 1 atom stereocenters. The SMILES string of the molecule is O=C(Nc1ccc2nccnc2c1Br)C(F)Cl. The highest BCUT2D eigenvalue weighted by Crippen LogP contribution is 2.29. The molecule has 0 aliphatic carbocycles. The Hall–Kier alpha value is -1.27. The molecule has 0 bridgehead atoms. The smallest absolute Gasteiger partial charge is 0.274 e. The molecule has 1 unspecified atom stereocenters. The van der Waals surface area contributed by atoms with Crippen molar-refractivity contribution in [1.82, 2.24) is 9.97 Å². The maximum atomic E-state index is 12.5. The summed E-state index contributed by atoms with van der Waals surface area (Å²) in [6.45, 7) is 0. The van der Waals surface area contributed by atoms with Crippen molar-refractivity contribution in [3.8, 4) is 0 Å². The monoisotopic (exact) mass is 317 g/mol. The van der Waals surface area contributed by atoms with Crippen molar-refractivity contribution >= 4 is 50.2 Å². The van der Waals surface area contributed by atoms with Crippen molar-refractivity contribution in [3.63, 3.8) is 0 Å². The van der Waals surface area contributed by atoms with Crippen LogP contribution in [0.3, 0.4) is 0 Å². The fraction of sp³-hybridized carbons (Fsp3) is 0.100. The van der Waals surface area contributed by atoms with Gasteiger partial charge in [-0.25, -0.2) is 4.39 Å². The quantitative estimate of drug-likeness (QED) is 0.866. The van der Waals surface area contributed by atoms with Gasteiger partial charge >= 0.3 is 0 Å². The second-order valence-electron chi connectivity index (χ2n) is 3.14. The third kappa shape index (κ3) is 2.53. The summed E-state index contributed by atoms with van der Waals surface area (Å²) >= 11 is 8.30. The van der Waals surface area contributed by atoms with E-state index in [0.29, 0.717) is 21.2 Å². The van der Waals surface area contributed by atoms with Gasteiger partial charge in [-0.1, -0.05) is 11.6 Å². The van der Waals surface area contributed by atoms with Gasteiger partial charge in [0.25, 0.3) is 11.5 Å². The van der Waals surface area contributed by atoms with Gasteiger partial charge in [-0.2, -0.15) is 0 Å². The zero-order valence-electron chi connectivity index (χ0n) is 8.32. The minimum Gasteiger partial charge on any atom is -0.321 e. The lowest BCUT2D eigenvalue weighted by molar-refractivity contribution is -0.118. The molecule has 0 aliphatic heterocycles. The van der Waals surface area contributed by atoms with Gasteiger partial charge < -0.3 is 5.32 Å². The van der Waals surface area contributed by atoms with Crippen LogP contribution in [0, 0.1) is 0 Å². The number of rotatable bonds is 2. The van der Waals surface area contributed by atoms with Crippen LogP contribution in [0.1, 0.15) is 0 Å². The number of benzene rings is 1. The summed E-state index contributed by atoms with van der Waals surface area (Å²) in [5, 5.41) is 2.34. The molecule has 2 rings (SSSR count). The highest BCUT2D eigenvalue weighted by atomic mass is 79.9. The summed E-state index contributed by atoms with van der Waals surface area (Å²) in [5.74, 6) is -0.921. The van der Waals surface area contributed by atoms with Crippen molar-refractivity contribution in [2.45, 2.75) is 5.63 Å². The number of nitrogens with one attached hydrogen (secondary N) is 1. The summed E-state index contributed by atoms with van der Waals surface area (Å²) in [6, 6.07) is 3.27. The number of aromatic nitrogens is 2. The van der Waals surface area contributed by atoms with E-state index >= 15 is 0 Å². The number of fused-ring (bicyclic) bond motifs is 1. The largest absolute Gasteiger partial charge is 0.321 e. The van der Waals surface area contributed by atoms with Crippen LogP contribution in [0.25, 0.3) is 11.0 Å². The molecule has 0 fully saturated rings. The minimum absolute atomic E-state index is 0.395. The molecule has 0 aliphatic rings. The lowest BCUT2D eigenvalue weighted by atomic mass is 10.2. The average molecular weight is 319 g/mol. The highest BCUT2D eigenvalue weighted by Gasteiger charge is 2.15. The molecule has 1 amide bonds. The van der Waals surface area contributed by atoms with E-state index in [1.54, 1.807) is 18.3 Å². The van der Waals surface area contributed by atoms with Gasteiger partial charge in [0.05, 0.1) is 15.7 Å². The van der Waals surface area contributed by atoms with Crippen LogP contribution >= 0.6 is 27.5 Å². The minimum atomic E-state index is -2.08. The van der Waals surface area contributed by atoms with Crippen LogP contribution in [-0.4, -0.2) is 21.5 Å². The summed E-state index contributed by atoms with van der Waals surface area (Å²) in [7, 11) is 0. The zero-order valence-corrected chi connectivity index (χ0v) is 10.7. The first-order valence-corrected chi connectivity index (χ1v) is 5.81. The van der Waals surface area contributed by atoms with Gasteiger partial charge in [-0.3, -0.25) is 14.8 Å². The molecule has 0 radical (unpaired) electrons. The van der Waals surface area contributed by atoms with Crippen molar-refractivity contribution in [3.05, 3.63) is 29.0 Å². The molecule has 1 aromatic heterocycles. The fourth-order valence-electron chi connectivity index (χ4n) is 1.29. The Labute approximate surface area is 109 Å². The van der Waals surface area contributed by atoms with Gasteiger partial charge in [0, 0.05) is 12.4 Å². The highest BCUT2D eigenvalue weighted by molar-refractivity contribution is 9.10. The Morgan fingerprint density at radius 2 is 2.12 bits per heavy atom. The Bertz CT molecular complexity index is 578. The standard InChI is InChI=1S/C10H6BrClFN3O/c11-7-5(16-10(17)9(12)13)1-2-6-8(7)15-4-3-14-6/h1-4,9H,(H,16,17). The number of carbonyl (C=O) groups excluding carboxylic acids is 1. The van der Waals surface area contributed by atoms with Gasteiger partial charge in [0.1, 0.15) is 5.52 Å². The molecule has 17 heavy (non-hydrogen) atoms. The first-order chi connectivity index (χ1) is 8.09. The fourth-order valence-corrected chi connectivity index (χ4v) is 1.88. The van der Waals surface area contributed by atoms with E-state index in [1.165, 1.54) is 6.20 Å². The van der Waals surface area contributed by atoms with Crippen LogP contribution in [-0.2, 0) is 4.79 Å². The van der Waals surface area contributed by atoms with Crippen molar-refractivity contribution in [2.75, 3.05) is 5.32 Å². The molecule has 2 aromatic rings. The maximum Gasteiger partial charge on any atom is 0.274 e. The summed E-state index contributed by atoms with van der Waals surface area (Å²) in [6.07, 6.45) is 3.08. The number of nitrogens with zero attached hydrogens (tertiary/aromatic N) is 2. The number of anilines is 1. The second kappa shape index (κ2) is 4.93. The zero-order chi connectivity index (χ0) is 12.4. The van der Waals surface area contributed by atoms with Crippen LogP contribution < -0.4 is 5.32 Å². The van der Waals surface area contributed by atoms with Crippen molar-refractivity contribution < 1.29 is 9.18 Å². The molecule has 7 heteroatoms. The van der Waals surface area contributed by atoms with Crippen LogP contribution in [0.4, 0.5) is 10.1 Å². The molecular weight excluding hydrogens is 312 g/mol. The Morgan fingerprint density at radius 3 is 2.82 bits per heavy atom. The number of hydrogen-bond donors (Lipinski definition) is 1. The third-order valence-electron chi connectivity index (χ3n) is 2.03. The lowest BCUT2D eigenvalue weighted by Gasteiger charge is -2.08. The van der Waals surface area contributed by atoms with Crippen molar-refractivity contribution in [2.24, 2.45) is 0 Å². The van der Waals surface area contributed by atoms with E-state index in [4.69, 9.17) is 11.6 Å². The van der Waals surface area contributed by atoms with E-state index in [0.717, 1.165) is 0 Å². The number of carbonyl (C=O) groups is 1. The van der Waals surface area contributed by atoms with E-state index in [2.05, 4.69) is 31.2 Å². The molecule has 88 valence electrons. The molecule has 0 spiro atoms. The normalized spacial score (nSPS) is 12.4. The van der Waals surface area contributed by atoms with Gasteiger partial charge in [-0.05, 0) is 28.1 Å². The van der Waals surface area contributed by atoms with Crippen LogP contribution in [0.15, 0.2) is 29.0 Å². The topological polar surface area (TPSA) is 54.9 Å². The number of halogens is 3. The lowest BCUT2D eigenvalue weighted by Crippen LogP contribution is -2.19. The van der Waals surface area contributed by atoms with Gasteiger partial charge in [0.2, 0.25) is 0 Å². The third-order valence-corrected chi connectivity index (χ3v) is 3.04. The Kier molecular flexibility index (Phi) is 3.54. The molecule has 0 saturated heterocycles. The van der Waals surface area contributed by atoms with E-state index in [1.807, 2.05) is 0 Å². The second-order valence-corrected chi connectivity index (χ2v) is 4.32. The average Bonchev–Trinajstić information content (AvgIpc) is 2.33. The van der Waals surface area contributed by atoms with Crippen molar-refractivity contribution in [1.29, 1.82) is 0 Å². The Balaban J connectivity index is 2.43. The predicted molar refractivity (Wildman–Crippen MR) is 66.6 cm³/mol. The van der Waals surface area contributed by atoms with E-state index in [9.17, 15) is 9.18 Å². The number of alkyl halides is 2. The van der Waals surface area contributed by atoms with Gasteiger partial charge in [-0.15, -0.1) is 0 Å². The molecule has 4 nitrogen and oxygen atoms in total. The first-order valence-electron chi connectivity index (χ1n) is 4.58. The summed E-state index contributed by atoms with van der Waals surface area (Å²) in [4.78, 5) is 19.3. The molecule has 0 saturated carbocycles. The molecular formula is C10H6BrClFN3O. The summed E-state index contributed by atoms with van der Waals surface area (Å²) < 4.78 is 13.1. The molecule has 1 N–H and O–H groups in total. The van der Waals surface area contributed by atoms with Gasteiger partial charge in [0.15, 0.2) is 0 Å². The van der Waals surface area contributed by atoms with E-state index in [-0.39, 0.29) is 0 Å². The first kappa shape index (κ1) is 12.2. The maximum absolute atomic E-state index is 12.5. The number of amides is 1. The number of hydrogen-bond acceptors (Lipinski definition) is 3. The predicted octanol–water partition coefficient (Wildman–Crippen LogP) is 2.87. The summed E-state index contributed by atoms with van der Waals surface area (Å²) in [5.41, 5.74) is -0.443. The Morgan fingerprint density at radius 1 is 1.41 bits per heavy atom. The van der Waals surface area contributed by atoms with Crippen LogP contribution in [0.5, 0.6) is 0 Å². The molecule has 1 heterocycles. The molecule has 1 aromatic carbocycles. The van der Waals surface area contributed by atoms with E-state index < -0.39 is 11.5 Å².